The Morgan fingerprint density at radius 3 is 3.07 bits per heavy atom. The molecule has 76 valence electrons. The maximum Gasteiger partial charge on any atom is 0.131 e. The lowest BCUT2D eigenvalue weighted by Gasteiger charge is -2.12. The van der Waals surface area contributed by atoms with Crippen molar-refractivity contribution in [1.82, 2.24) is 10.3 Å². The first-order chi connectivity index (χ1) is 6.79. The van der Waals surface area contributed by atoms with E-state index in [2.05, 4.69) is 10.3 Å². The third-order valence-corrected chi connectivity index (χ3v) is 2.90. The zero-order valence-electron chi connectivity index (χ0n) is 8.10. The van der Waals surface area contributed by atoms with Gasteiger partial charge in [0, 0.05) is 12.2 Å². The van der Waals surface area contributed by atoms with Gasteiger partial charge in [-0.25, -0.2) is 4.98 Å². The lowest BCUT2D eigenvalue weighted by atomic mass is 10.2. The molecule has 0 aromatic carbocycles. The molecule has 2 rings (SSSR count). The van der Waals surface area contributed by atoms with Crippen LogP contribution in [0.4, 0.5) is 0 Å². The van der Waals surface area contributed by atoms with Gasteiger partial charge in [0.15, 0.2) is 0 Å². The zero-order valence-corrected chi connectivity index (χ0v) is 8.92. The molecular weight excluding hydrogens is 196 g/mol. The van der Waals surface area contributed by atoms with Crippen molar-refractivity contribution >= 4 is 11.8 Å². The fourth-order valence-electron chi connectivity index (χ4n) is 1.28. The van der Waals surface area contributed by atoms with Crippen LogP contribution in [0.5, 0.6) is 0 Å². The van der Waals surface area contributed by atoms with E-state index < -0.39 is 6.23 Å². The van der Waals surface area contributed by atoms with Gasteiger partial charge in [0.05, 0.1) is 5.03 Å². The summed E-state index contributed by atoms with van der Waals surface area (Å²) < 4.78 is 0. The standard InChI is InChI=1S/C10H14N2OS/c1-14-9-6-7(4-5-11-9)10(13)12-8-2-3-8/h4-6,8,10,12-13H,2-3H2,1H3. The van der Waals surface area contributed by atoms with Crippen LogP contribution in [-0.4, -0.2) is 22.4 Å². The minimum atomic E-state index is -0.545. The van der Waals surface area contributed by atoms with E-state index in [9.17, 15) is 5.11 Å². The number of aromatic nitrogens is 1. The van der Waals surface area contributed by atoms with Crippen LogP contribution in [0.25, 0.3) is 0 Å². The van der Waals surface area contributed by atoms with Crippen molar-refractivity contribution in [3.8, 4) is 0 Å². The van der Waals surface area contributed by atoms with Crippen molar-refractivity contribution in [3.05, 3.63) is 23.9 Å². The molecule has 1 fully saturated rings. The number of rotatable bonds is 4. The van der Waals surface area contributed by atoms with Crippen LogP contribution in [0.15, 0.2) is 23.4 Å². The van der Waals surface area contributed by atoms with Gasteiger partial charge >= 0.3 is 0 Å². The van der Waals surface area contributed by atoms with E-state index in [4.69, 9.17) is 0 Å². The fraction of sp³-hybridized carbons (Fsp3) is 0.500. The van der Waals surface area contributed by atoms with Gasteiger partial charge in [0.1, 0.15) is 6.23 Å². The van der Waals surface area contributed by atoms with Crippen molar-refractivity contribution in [1.29, 1.82) is 0 Å². The van der Waals surface area contributed by atoms with Gasteiger partial charge in [-0.05, 0) is 36.8 Å². The quantitative estimate of drug-likeness (QED) is 0.584. The van der Waals surface area contributed by atoms with Crippen molar-refractivity contribution in [2.45, 2.75) is 30.1 Å². The maximum absolute atomic E-state index is 9.80. The summed E-state index contributed by atoms with van der Waals surface area (Å²) in [6.07, 6.45) is 5.53. The molecule has 0 spiro atoms. The van der Waals surface area contributed by atoms with E-state index in [1.165, 1.54) is 12.8 Å². The molecule has 14 heavy (non-hydrogen) atoms. The lowest BCUT2D eigenvalue weighted by Crippen LogP contribution is -2.22. The molecule has 0 saturated heterocycles. The van der Waals surface area contributed by atoms with Crippen molar-refractivity contribution in [2.75, 3.05) is 6.26 Å². The summed E-state index contributed by atoms with van der Waals surface area (Å²) in [7, 11) is 0. The summed E-state index contributed by atoms with van der Waals surface area (Å²) in [5, 5.41) is 13.9. The number of hydrogen-bond acceptors (Lipinski definition) is 4. The number of aliphatic hydroxyl groups excluding tert-OH is 1. The number of nitrogens with zero attached hydrogens (tertiary/aromatic N) is 1. The predicted octanol–water partition coefficient (Wildman–Crippen LogP) is 1.55. The SMILES string of the molecule is CSc1cc(C(O)NC2CC2)ccn1. The molecule has 0 radical (unpaired) electrons. The molecule has 0 aliphatic heterocycles. The lowest BCUT2D eigenvalue weighted by molar-refractivity contribution is 0.136. The summed E-state index contributed by atoms with van der Waals surface area (Å²) in [5.41, 5.74) is 0.899. The minimum absolute atomic E-state index is 0.510. The van der Waals surface area contributed by atoms with Gasteiger partial charge < -0.3 is 5.11 Å². The Balaban J connectivity index is 2.05. The highest BCUT2D eigenvalue weighted by Crippen LogP contribution is 2.23. The van der Waals surface area contributed by atoms with Gasteiger partial charge in [-0.15, -0.1) is 11.8 Å². The first kappa shape index (κ1) is 9.96. The Morgan fingerprint density at radius 1 is 1.64 bits per heavy atom. The molecule has 1 aromatic heterocycles. The molecule has 1 aliphatic carbocycles. The van der Waals surface area contributed by atoms with Crippen LogP contribution in [0.2, 0.25) is 0 Å². The van der Waals surface area contributed by atoms with Crippen molar-refractivity contribution in [3.63, 3.8) is 0 Å². The minimum Gasteiger partial charge on any atom is -0.374 e. The first-order valence-corrected chi connectivity index (χ1v) is 5.96. The van der Waals surface area contributed by atoms with E-state index in [1.807, 2.05) is 18.4 Å². The highest BCUT2D eigenvalue weighted by Gasteiger charge is 2.24. The number of aliphatic hydroxyl groups is 1. The van der Waals surface area contributed by atoms with Crippen LogP contribution >= 0.6 is 11.8 Å². The van der Waals surface area contributed by atoms with Gasteiger partial charge in [-0.1, -0.05) is 0 Å². The molecule has 1 saturated carbocycles. The molecule has 1 unspecified atom stereocenters. The van der Waals surface area contributed by atoms with E-state index >= 15 is 0 Å². The third-order valence-electron chi connectivity index (χ3n) is 2.25. The Kier molecular flexibility index (Phi) is 3.05. The molecule has 4 heteroatoms. The van der Waals surface area contributed by atoms with Crippen LogP contribution in [0.3, 0.4) is 0 Å². The molecule has 0 amide bonds. The number of hydrogen-bond donors (Lipinski definition) is 2. The van der Waals surface area contributed by atoms with E-state index in [0.717, 1.165) is 10.6 Å². The highest BCUT2D eigenvalue weighted by atomic mass is 32.2. The first-order valence-electron chi connectivity index (χ1n) is 4.73. The van der Waals surface area contributed by atoms with Crippen molar-refractivity contribution in [2.24, 2.45) is 0 Å². The Hall–Kier alpha value is -0.580. The van der Waals surface area contributed by atoms with Gasteiger partial charge in [-0.3, -0.25) is 5.32 Å². The van der Waals surface area contributed by atoms with Crippen molar-refractivity contribution < 1.29 is 5.11 Å². The van der Waals surface area contributed by atoms with Crippen LogP contribution in [-0.2, 0) is 0 Å². The highest BCUT2D eigenvalue weighted by molar-refractivity contribution is 7.98. The zero-order chi connectivity index (χ0) is 9.97. The molecular formula is C10H14N2OS. The Labute approximate surface area is 87.9 Å². The van der Waals surface area contributed by atoms with Gasteiger partial charge in [0.25, 0.3) is 0 Å². The third kappa shape index (κ3) is 2.47. The second-order valence-corrected chi connectivity index (χ2v) is 4.30. The number of pyridine rings is 1. The second kappa shape index (κ2) is 4.29. The summed E-state index contributed by atoms with van der Waals surface area (Å²) >= 11 is 1.58. The molecule has 2 N–H and O–H groups in total. The summed E-state index contributed by atoms with van der Waals surface area (Å²) in [6, 6.07) is 4.28. The largest absolute Gasteiger partial charge is 0.374 e. The molecule has 0 bridgehead atoms. The average molecular weight is 210 g/mol. The number of thioether (sulfide) groups is 1. The van der Waals surface area contributed by atoms with E-state index in [1.54, 1.807) is 18.0 Å². The van der Waals surface area contributed by atoms with Crippen LogP contribution < -0.4 is 5.32 Å². The summed E-state index contributed by atoms with van der Waals surface area (Å²) in [6.45, 7) is 0. The fourth-order valence-corrected chi connectivity index (χ4v) is 1.70. The van der Waals surface area contributed by atoms with Gasteiger partial charge in [0.2, 0.25) is 0 Å². The maximum atomic E-state index is 9.80. The topological polar surface area (TPSA) is 45.1 Å². The Bertz CT molecular complexity index is 315. The van der Waals surface area contributed by atoms with Gasteiger partial charge in [-0.2, -0.15) is 0 Å². The average Bonchev–Trinajstić information content (AvgIpc) is 3.02. The molecule has 1 atom stereocenters. The normalized spacial score (nSPS) is 18.1. The second-order valence-electron chi connectivity index (χ2n) is 3.48. The molecule has 1 heterocycles. The molecule has 3 nitrogen and oxygen atoms in total. The molecule has 1 aliphatic rings. The monoisotopic (exact) mass is 210 g/mol. The summed E-state index contributed by atoms with van der Waals surface area (Å²) in [5.74, 6) is 0. The van der Waals surface area contributed by atoms with E-state index in [0.29, 0.717) is 6.04 Å². The predicted molar refractivity (Wildman–Crippen MR) is 57.1 cm³/mol. The van der Waals surface area contributed by atoms with Crippen LogP contribution in [0.1, 0.15) is 24.6 Å². The number of nitrogens with one attached hydrogen (secondary N) is 1. The van der Waals surface area contributed by atoms with Crippen LogP contribution in [0, 0.1) is 0 Å². The van der Waals surface area contributed by atoms with E-state index in [-0.39, 0.29) is 0 Å². The molecule has 1 aromatic rings. The summed E-state index contributed by atoms with van der Waals surface area (Å²) in [4.78, 5) is 4.16. The Morgan fingerprint density at radius 2 is 2.43 bits per heavy atom. The smallest absolute Gasteiger partial charge is 0.131 e.